The number of carbonyl (C=O) groups excluding carboxylic acids is 1. The smallest absolute Gasteiger partial charge is 0.337 e. The van der Waals surface area contributed by atoms with E-state index < -0.39 is 17.9 Å². The van der Waals surface area contributed by atoms with Gasteiger partial charge in [0.05, 0.1) is 18.8 Å². The molecule has 2 aliphatic rings. The Balaban J connectivity index is 1.83. The van der Waals surface area contributed by atoms with Gasteiger partial charge in [-0.1, -0.05) is 17.7 Å². The standard InChI is InChI=1S/C28H28O9/c1-32-19-8-5-17(6-9-19)26(29)20(11-16-12-23(33-2)27(35-4)24(13-16)34-3)25(28(30)31)18-7-10-21-22(14-18)37-15-36-21/h5-6,8-9,12,14,23-24,27H,11,13,15H2,1-4H3,(H,30,31)/b25-20-. The Morgan fingerprint density at radius 1 is 1.03 bits per heavy atom. The third-order valence-electron chi connectivity index (χ3n) is 6.44. The quantitative estimate of drug-likeness (QED) is 0.293. The zero-order valence-electron chi connectivity index (χ0n) is 21.0. The molecular formula is C28H28O9. The van der Waals surface area contributed by atoms with E-state index in [0.717, 1.165) is 5.57 Å². The lowest BCUT2D eigenvalue weighted by Crippen LogP contribution is -2.43. The monoisotopic (exact) mass is 508 g/mol. The third kappa shape index (κ3) is 5.47. The molecule has 9 nitrogen and oxygen atoms in total. The number of ether oxygens (including phenoxy) is 6. The fourth-order valence-corrected chi connectivity index (χ4v) is 4.57. The topological polar surface area (TPSA) is 110 Å². The molecule has 0 spiro atoms. The number of Topliss-reactive ketones (excluding diaryl/α,β-unsaturated/α-hetero) is 1. The summed E-state index contributed by atoms with van der Waals surface area (Å²) in [6.45, 7) is -0.00273. The van der Waals surface area contributed by atoms with Crippen molar-refractivity contribution in [3.05, 3.63) is 70.8 Å². The molecule has 0 saturated carbocycles. The van der Waals surface area contributed by atoms with E-state index >= 15 is 0 Å². The molecule has 0 bridgehead atoms. The number of ketones is 1. The van der Waals surface area contributed by atoms with Gasteiger partial charge in [0.25, 0.3) is 0 Å². The number of carboxylic acid groups (broad SMARTS) is 1. The van der Waals surface area contributed by atoms with Crippen molar-refractivity contribution in [3.8, 4) is 17.2 Å². The molecule has 0 saturated heterocycles. The summed E-state index contributed by atoms with van der Waals surface area (Å²) in [5, 5.41) is 10.3. The Labute approximate surface area is 215 Å². The van der Waals surface area contributed by atoms with Crippen LogP contribution in [-0.2, 0) is 19.0 Å². The highest BCUT2D eigenvalue weighted by Gasteiger charge is 2.35. The first-order valence-corrected chi connectivity index (χ1v) is 11.6. The Kier molecular flexibility index (Phi) is 8.14. The van der Waals surface area contributed by atoms with E-state index in [-0.39, 0.29) is 42.1 Å². The van der Waals surface area contributed by atoms with Gasteiger partial charge in [-0.3, -0.25) is 4.79 Å². The molecule has 1 heterocycles. The van der Waals surface area contributed by atoms with Crippen LogP contribution in [0.15, 0.2) is 47.6 Å². The average molecular weight is 509 g/mol. The molecule has 3 unspecified atom stereocenters. The van der Waals surface area contributed by atoms with Crippen LogP contribution in [0.1, 0.15) is 28.8 Å². The second-order valence-electron chi connectivity index (χ2n) is 8.50. The first-order valence-electron chi connectivity index (χ1n) is 11.6. The highest BCUT2D eigenvalue weighted by Crippen LogP contribution is 2.36. The molecule has 0 radical (unpaired) electrons. The summed E-state index contributed by atoms with van der Waals surface area (Å²) < 4.78 is 32.7. The van der Waals surface area contributed by atoms with E-state index in [9.17, 15) is 14.7 Å². The van der Waals surface area contributed by atoms with Crippen molar-refractivity contribution in [1.29, 1.82) is 0 Å². The number of carboxylic acids is 1. The maximum atomic E-state index is 13.8. The number of aliphatic carboxylic acids is 1. The zero-order chi connectivity index (χ0) is 26.5. The molecule has 1 aliphatic carbocycles. The molecule has 4 rings (SSSR count). The SMILES string of the molecule is COc1ccc(C(=O)/C(CC2=CC(OC)C(OC)C(OC)C2)=C(\C(=O)O)c2c#cc3c(c2)OCO3)cc1. The van der Waals surface area contributed by atoms with Crippen LogP contribution in [0.2, 0.25) is 0 Å². The van der Waals surface area contributed by atoms with Gasteiger partial charge < -0.3 is 33.5 Å². The van der Waals surface area contributed by atoms with Gasteiger partial charge in [-0.2, -0.15) is 0 Å². The number of hydrogen-bond donors (Lipinski definition) is 1. The van der Waals surface area contributed by atoms with Crippen LogP contribution in [-0.4, -0.2) is 70.4 Å². The van der Waals surface area contributed by atoms with Crippen molar-refractivity contribution < 1.29 is 43.1 Å². The molecule has 9 heteroatoms. The Hall–Kier alpha value is -3.84. The Morgan fingerprint density at radius 2 is 1.78 bits per heavy atom. The summed E-state index contributed by atoms with van der Waals surface area (Å²) in [7, 11) is 6.24. The molecule has 0 aromatic heterocycles. The molecule has 2 aromatic rings. The highest BCUT2D eigenvalue weighted by molar-refractivity contribution is 6.26. The van der Waals surface area contributed by atoms with Crippen LogP contribution in [0.25, 0.3) is 5.57 Å². The number of benzene rings is 1. The van der Waals surface area contributed by atoms with Gasteiger partial charge in [-0.15, -0.1) is 0 Å². The fraction of sp³-hybridized carbons (Fsp3) is 0.357. The third-order valence-corrected chi connectivity index (χ3v) is 6.44. The summed E-state index contributed by atoms with van der Waals surface area (Å²) in [4.78, 5) is 26.5. The van der Waals surface area contributed by atoms with Crippen molar-refractivity contribution in [2.24, 2.45) is 0 Å². The first-order chi connectivity index (χ1) is 17.9. The second kappa shape index (κ2) is 11.5. The predicted octanol–water partition coefficient (Wildman–Crippen LogP) is 3.51. The van der Waals surface area contributed by atoms with Gasteiger partial charge in [0, 0.05) is 44.1 Å². The first kappa shape index (κ1) is 26.2. The normalized spacial score (nSPS) is 21.0. The van der Waals surface area contributed by atoms with Crippen LogP contribution in [0.5, 0.6) is 17.2 Å². The van der Waals surface area contributed by atoms with E-state index in [2.05, 4.69) is 12.1 Å². The molecular weight excluding hydrogens is 480 g/mol. The van der Waals surface area contributed by atoms with E-state index in [0.29, 0.717) is 29.2 Å². The van der Waals surface area contributed by atoms with Crippen molar-refractivity contribution in [2.45, 2.75) is 31.2 Å². The minimum Gasteiger partial charge on any atom is -0.497 e. The second-order valence-corrected chi connectivity index (χ2v) is 8.50. The van der Waals surface area contributed by atoms with Gasteiger partial charge >= 0.3 is 5.97 Å². The number of hydrogen-bond acceptors (Lipinski definition) is 8. The molecule has 2 aromatic carbocycles. The number of allylic oxidation sites excluding steroid dienone is 1. The van der Waals surface area contributed by atoms with Gasteiger partial charge in [0.15, 0.2) is 11.5 Å². The summed E-state index contributed by atoms with van der Waals surface area (Å²) in [5.74, 6) is -0.474. The lowest BCUT2D eigenvalue weighted by atomic mass is 9.84. The average Bonchev–Trinajstić information content (AvgIpc) is 3.39. The maximum Gasteiger partial charge on any atom is 0.337 e. The van der Waals surface area contributed by atoms with Gasteiger partial charge in [0.1, 0.15) is 18.0 Å². The van der Waals surface area contributed by atoms with Crippen molar-refractivity contribution >= 4 is 17.3 Å². The fourth-order valence-electron chi connectivity index (χ4n) is 4.57. The summed E-state index contributed by atoms with van der Waals surface area (Å²) in [6, 6.07) is 13.6. The highest BCUT2D eigenvalue weighted by atomic mass is 16.7. The molecule has 1 aliphatic heterocycles. The van der Waals surface area contributed by atoms with Crippen molar-refractivity contribution in [2.75, 3.05) is 35.2 Å². The van der Waals surface area contributed by atoms with Crippen LogP contribution in [0.4, 0.5) is 0 Å². The summed E-state index contributed by atoms with van der Waals surface area (Å²) >= 11 is 0. The van der Waals surface area contributed by atoms with Crippen molar-refractivity contribution in [1.82, 2.24) is 0 Å². The van der Waals surface area contributed by atoms with E-state index in [1.807, 2.05) is 6.08 Å². The van der Waals surface area contributed by atoms with Gasteiger partial charge in [-0.05, 0) is 43.2 Å². The minimum atomic E-state index is -1.28. The number of carbonyl (C=O) groups is 2. The maximum absolute atomic E-state index is 13.8. The Bertz CT molecular complexity index is 1210. The van der Waals surface area contributed by atoms with Crippen molar-refractivity contribution in [3.63, 3.8) is 0 Å². The van der Waals surface area contributed by atoms with Crippen LogP contribution < -0.4 is 14.2 Å². The van der Waals surface area contributed by atoms with E-state index in [4.69, 9.17) is 28.4 Å². The molecule has 0 amide bonds. The van der Waals surface area contributed by atoms with E-state index in [1.165, 1.54) is 13.2 Å². The molecule has 37 heavy (non-hydrogen) atoms. The van der Waals surface area contributed by atoms with Crippen LogP contribution in [0, 0.1) is 12.1 Å². The number of methoxy groups -OCH3 is 4. The van der Waals surface area contributed by atoms with Gasteiger partial charge in [0.2, 0.25) is 12.5 Å². The molecule has 194 valence electrons. The lowest BCUT2D eigenvalue weighted by molar-refractivity contribution is -0.130. The predicted molar refractivity (Wildman–Crippen MR) is 132 cm³/mol. The summed E-state index contributed by atoms with van der Waals surface area (Å²) in [5.41, 5.74) is 1.14. The zero-order valence-corrected chi connectivity index (χ0v) is 21.0. The number of rotatable bonds is 10. The van der Waals surface area contributed by atoms with Crippen LogP contribution >= 0.6 is 0 Å². The molecule has 1 N–H and O–H groups in total. The van der Waals surface area contributed by atoms with Crippen LogP contribution in [0.3, 0.4) is 0 Å². The summed E-state index contributed by atoms with van der Waals surface area (Å²) in [6.07, 6.45) is 1.21. The minimum absolute atomic E-state index is 0.00273. The lowest BCUT2D eigenvalue weighted by Gasteiger charge is -2.35. The number of fused-ring (bicyclic) bond motifs is 1. The molecule has 3 atom stereocenters. The molecule has 0 fully saturated rings. The van der Waals surface area contributed by atoms with E-state index in [1.54, 1.807) is 45.6 Å². The Morgan fingerprint density at radius 3 is 2.41 bits per heavy atom. The largest absolute Gasteiger partial charge is 0.497 e. The van der Waals surface area contributed by atoms with Gasteiger partial charge in [-0.25, -0.2) is 4.79 Å².